The lowest BCUT2D eigenvalue weighted by molar-refractivity contribution is 0.0911. The van der Waals surface area contributed by atoms with Crippen molar-refractivity contribution < 1.29 is 9.53 Å². The summed E-state index contributed by atoms with van der Waals surface area (Å²) in [4.78, 5) is 20.7. The number of aromatic nitrogens is 2. The van der Waals surface area contributed by atoms with Crippen molar-refractivity contribution >= 4 is 23.5 Å². The zero-order valence-corrected chi connectivity index (χ0v) is 9.93. The molecular weight excluding hydrogens is 244 g/mol. The van der Waals surface area contributed by atoms with Gasteiger partial charge in [-0.2, -0.15) is 0 Å². The smallest absolute Gasteiger partial charge is 0.404 e. The lowest BCUT2D eigenvalue weighted by Crippen LogP contribution is -2.39. The molecule has 92 valence electrons. The Morgan fingerprint density at radius 1 is 1.47 bits per heavy atom. The van der Waals surface area contributed by atoms with Crippen LogP contribution < -0.4 is 10.6 Å². The normalized spacial score (nSPS) is 16.9. The van der Waals surface area contributed by atoms with E-state index in [9.17, 15) is 4.79 Å². The Hall–Kier alpha value is -1.56. The maximum atomic E-state index is 10.6. The van der Waals surface area contributed by atoms with Gasteiger partial charge in [0.1, 0.15) is 23.4 Å². The van der Waals surface area contributed by atoms with Crippen LogP contribution in [0.2, 0.25) is 5.15 Å². The molecule has 17 heavy (non-hydrogen) atoms. The van der Waals surface area contributed by atoms with Crippen molar-refractivity contribution in [3.8, 4) is 0 Å². The number of hydrogen-bond donors (Lipinski definition) is 1. The number of carbonyl (C=O) groups excluding carboxylic acids is 1. The van der Waals surface area contributed by atoms with Gasteiger partial charge in [0.25, 0.3) is 0 Å². The summed E-state index contributed by atoms with van der Waals surface area (Å²) in [6.45, 7) is 1.51. The average Bonchev–Trinajstić information content (AvgIpc) is 2.29. The van der Waals surface area contributed by atoms with Crippen LogP contribution in [0.15, 0.2) is 12.4 Å². The molecule has 1 aliphatic heterocycles. The second-order valence-electron chi connectivity index (χ2n) is 3.82. The van der Waals surface area contributed by atoms with Crippen molar-refractivity contribution in [2.75, 3.05) is 18.0 Å². The number of ether oxygens (including phenoxy) is 1. The van der Waals surface area contributed by atoms with E-state index in [0.29, 0.717) is 5.15 Å². The van der Waals surface area contributed by atoms with E-state index >= 15 is 0 Å². The van der Waals surface area contributed by atoms with Gasteiger partial charge < -0.3 is 15.4 Å². The first kappa shape index (κ1) is 11.9. The molecule has 0 saturated carbocycles. The average molecular weight is 257 g/mol. The van der Waals surface area contributed by atoms with Crippen molar-refractivity contribution in [1.82, 2.24) is 9.97 Å². The van der Waals surface area contributed by atoms with Crippen molar-refractivity contribution in [2.45, 2.75) is 18.9 Å². The van der Waals surface area contributed by atoms with Gasteiger partial charge in [0.2, 0.25) is 0 Å². The number of carbonyl (C=O) groups is 1. The fourth-order valence-corrected chi connectivity index (χ4v) is 2.01. The Bertz CT molecular complexity index is 407. The van der Waals surface area contributed by atoms with Crippen LogP contribution in [0.5, 0.6) is 0 Å². The number of amides is 1. The minimum Gasteiger partial charge on any atom is -0.446 e. The molecule has 2 heterocycles. The Morgan fingerprint density at radius 3 is 2.76 bits per heavy atom. The lowest BCUT2D eigenvalue weighted by atomic mass is 10.1. The Balaban J connectivity index is 1.93. The predicted molar refractivity (Wildman–Crippen MR) is 62.9 cm³/mol. The molecule has 1 amide bonds. The monoisotopic (exact) mass is 256 g/mol. The number of primary amides is 1. The number of anilines is 1. The molecule has 1 aromatic heterocycles. The molecule has 1 aliphatic rings. The molecule has 0 atom stereocenters. The zero-order valence-electron chi connectivity index (χ0n) is 9.17. The summed E-state index contributed by atoms with van der Waals surface area (Å²) < 4.78 is 4.95. The fraction of sp³-hybridized carbons (Fsp3) is 0.500. The first-order chi connectivity index (χ1) is 8.15. The largest absolute Gasteiger partial charge is 0.446 e. The highest BCUT2D eigenvalue weighted by Gasteiger charge is 2.22. The van der Waals surface area contributed by atoms with E-state index in [1.165, 1.54) is 6.33 Å². The third kappa shape index (κ3) is 3.20. The minimum absolute atomic E-state index is 0.0962. The number of rotatable bonds is 2. The van der Waals surface area contributed by atoms with Crippen LogP contribution in [0.4, 0.5) is 10.6 Å². The molecule has 1 aromatic rings. The van der Waals surface area contributed by atoms with E-state index in [0.717, 1.165) is 31.7 Å². The summed E-state index contributed by atoms with van der Waals surface area (Å²) >= 11 is 5.80. The maximum absolute atomic E-state index is 10.6. The van der Waals surface area contributed by atoms with Crippen LogP contribution in [0.25, 0.3) is 0 Å². The second kappa shape index (κ2) is 5.18. The van der Waals surface area contributed by atoms with Gasteiger partial charge in [-0.3, -0.25) is 0 Å². The summed E-state index contributed by atoms with van der Waals surface area (Å²) in [5.74, 6) is 0.794. The van der Waals surface area contributed by atoms with Crippen LogP contribution in [0.1, 0.15) is 12.8 Å². The minimum atomic E-state index is -0.714. The van der Waals surface area contributed by atoms with E-state index in [1.807, 2.05) is 0 Å². The van der Waals surface area contributed by atoms with Crippen LogP contribution in [0.3, 0.4) is 0 Å². The molecular formula is C10H13ClN4O2. The topological polar surface area (TPSA) is 81.3 Å². The number of hydrogen-bond acceptors (Lipinski definition) is 5. The van der Waals surface area contributed by atoms with Gasteiger partial charge in [0.05, 0.1) is 0 Å². The Labute approximate surface area is 104 Å². The van der Waals surface area contributed by atoms with E-state index < -0.39 is 6.09 Å². The van der Waals surface area contributed by atoms with Gasteiger partial charge in [0, 0.05) is 32.0 Å². The van der Waals surface area contributed by atoms with Crippen molar-refractivity contribution in [2.24, 2.45) is 5.73 Å². The number of piperidine rings is 1. The molecule has 1 saturated heterocycles. The Kier molecular flexibility index (Phi) is 3.63. The first-order valence-electron chi connectivity index (χ1n) is 5.34. The molecule has 7 heteroatoms. The van der Waals surface area contributed by atoms with Crippen LogP contribution >= 0.6 is 11.6 Å². The van der Waals surface area contributed by atoms with Gasteiger partial charge in [-0.1, -0.05) is 11.6 Å². The molecule has 0 radical (unpaired) electrons. The SMILES string of the molecule is NC(=O)OC1CCN(c2cc(Cl)ncn2)CC1. The number of halogens is 1. The highest BCUT2D eigenvalue weighted by Crippen LogP contribution is 2.20. The molecule has 2 rings (SSSR count). The second-order valence-corrected chi connectivity index (χ2v) is 4.21. The van der Waals surface area contributed by atoms with Crippen LogP contribution in [0, 0.1) is 0 Å². The van der Waals surface area contributed by atoms with Gasteiger partial charge in [-0.05, 0) is 0 Å². The van der Waals surface area contributed by atoms with E-state index in [1.54, 1.807) is 6.07 Å². The third-order valence-electron chi connectivity index (χ3n) is 2.67. The van der Waals surface area contributed by atoms with Gasteiger partial charge >= 0.3 is 6.09 Å². The van der Waals surface area contributed by atoms with Crippen molar-refractivity contribution in [3.63, 3.8) is 0 Å². The van der Waals surface area contributed by atoms with E-state index in [4.69, 9.17) is 22.1 Å². The highest BCUT2D eigenvalue weighted by atomic mass is 35.5. The van der Waals surface area contributed by atoms with E-state index in [-0.39, 0.29) is 6.10 Å². The van der Waals surface area contributed by atoms with Gasteiger partial charge in [-0.25, -0.2) is 14.8 Å². The molecule has 0 unspecified atom stereocenters. The molecule has 0 bridgehead atoms. The fourth-order valence-electron chi connectivity index (χ4n) is 1.86. The molecule has 2 N–H and O–H groups in total. The van der Waals surface area contributed by atoms with Gasteiger partial charge in [0.15, 0.2) is 0 Å². The summed E-state index contributed by atoms with van der Waals surface area (Å²) in [6, 6.07) is 1.72. The summed E-state index contributed by atoms with van der Waals surface area (Å²) in [7, 11) is 0. The first-order valence-corrected chi connectivity index (χ1v) is 5.71. The Morgan fingerprint density at radius 2 is 2.18 bits per heavy atom. The molecule has 0 aliphatic carbocycles. The summed E-state index contributed by atoms with van der Waals surface area (Å²) in [6.07, 6.45) is 2.10. The molecule has 1 fully saturated rings. The maximum Gasteiger partial charge on any atom is 0.404 e. The number of nitrogens with two attached hydrogens (primary N) is 1. The summed E-state index contributed by atoms with van der Waals surface area (Å²) in [5.41, 5.74) is 4.98. The van der Waals surface area contributed by atoms with E-state index in [2.05, 4.69) is 14.9 Å². The quantitative estimate of drug-likeness (QED) is 0.804. The standard InChI is InChI=1S/C10H13ClN4O2/c11-8-5-9(14-6-13-8)15-3-1-7(2-4-15)17-10(12)16/h5-7H,1-4H2,(H2,12,16). The molecule has 0 aromatic carbocycles. The van der Waals surface area contributed by atoms with Gasteiger partial charge in [-0.15, -0.1) is 0 Å². The predicted octanol–water partition coefficient (Wildman–Crippen LogP) is 1.19. The van der Waals surface area contributed by atoms with Crippen LogP contribution in [-0.2, 0) is 4.74 Å². The third-order valence-corrected chi connectivity index (χ3v) is 2.87. The molecule has 0 spiro atoms. The number of nitrogens with zero attached hydrogens (tertiary/aromatic N) is 3. The summed E-state index contributed by atoms with van der Waals surface area (Å²) in [5, 5.41) is 0.422. The highest BCUT2D eigenvalue weighted by molar-refractivity contribution is 6.29. The lowest BCUT2D eigenvalue weighted by Gasteiger charge is -2.31. The zero-order chi connectivity index (χ0) is 12.3. The molecule has 6 nitrogen and oxygen atoms in total. The van der Waals surface area contributed by atoms with Crippen molar-refractivity contribution in [1.29, 1.82) is 0 Å². The van der Waals surface area contributed by atoms with Crippen molar-refractivity contribution in [3.05, 3.63) is 17.5 Å². The van der Waals surface area contributed by atoms with Crippen LogP contribution in [-0.4, -0.2) is 35.3 Å².